The molecule has 3 aliphatic rings. The molecule has 4 nitrogen and oxygen atoms in total. The summed E-state index contributed by atoms with van der Waals surface area (Å²) in [6.45, 7) is 5.46. The van der Waals surface area contributed by atoms with E-state index in [0.29, 0.717) is 17.1 Å². The molecule has 3 aliphatic carbocycles. The van der Waals surface area contributed by atoms with Crippen LogP contribution < -0.4 is 5.32 Å². The molecule has 3 fully saturated rings. The van der Waals surface area contributed by atoms with Crippen molar-refractivity contribution in [1.82, 2.24) is 9.78 Å². The standard InChI is InChI=1S/C19H23F4N3O/c1-10(12-6-18(20,21)7-12)17(27)24-16-11(2)15(13-8-19(22,23)9-13)25-26(16)14-4-3-5-14/h12-14H,1,3-9H2,2H3,(H,24,27). The summed E-state index contributed by atoms with van der Waals surface area (Å²) in [7, 11) is 0. The molecule has 0 unspecified atom stereocenters. The number of anilines is 1. The van der Waals surface area contributed by atoms with Gasteiger partial charge in [-0.3, -0.25) is 4.79 Å². The van der Waals surface area contributed by atoms with Gasteiger partial charge in [-0.25, -0.2) is 22.2 Å². The van der Waals surface area contributed by atoms with Crippen molar-refractivity contribution in [2.75, 3.05) is 5.32 Å². The lowest BCUT2D eigenvalue weighted by Crippen LogP contribution is -2.39. The Labute approximate surface area is 155 Å². The van der Waals surface area contributed by atoms with E-state index in [1.54, 1.807) is 11.6 Å². The van der Waals surface area contributed by atoms with Gasteiger partial charge in [-0.15, -0.1) is 0 Å². The lowest BCUT2D eigenvalue weighted by Gasteiger charge is -2.35. The summed E-state index contributed by atoms with van der Waals surface area (Å²) < 4.78 is 54.5. The van der Waals surface area contributed by atoms with Crippen LogP contribution in [0.3, 0.4) is 0 Å². The van der Waals surface area contributed by atoms with E-state index < -0.39 is 23.7 Å². The monoisotopic (exact) mass is 385 g/mol. The highest BCUT2D eigenvalue weighted by Crippen LogP contribution is 2.50. The summed E-state index contributed by atoms with van der Waals surface area (Å²) in [5.41, 5.74) is 1.42. The Morgan fingerprint density at radius 1 is 1.15 bits per heavy atom. The van der Waals surface area contributed by atoms with E-state index in [4.69, 9.17) is 0 Å². The molecule has 0 spiro atoms. The van der Waals surface area contributed by atoms with E-state index in [2.05, 4.69) is 17.0 Å². The quantitative estimate of drug-likeness (QED) is 0.575. The molecule has 0 aromatic carbocycles. The van der Waals surface area contributed by atoms with Crippen molar-refractivity contribution in [2.45, 2.75) is 75.7 Å². The van der Waals surface area contributed by atoms with Gasteiger partial charge >= 0.3 is 0 Å². The van der Waals surface area contributed by atoms with Crippen LogP contribution in [0.25, 0.3) is 0 Å². The minimum atomic E-state index is -2.72. The molecule has 0 radical (unpaired) electrons. The Kier molecular flexibility index (Phi) is 4.16. The highest BCUT2D eigenvalue weighted by molar-refractivity contribution is 6.03. The first kappa shape index (κ1) is 18.5. The Bertz CT molecular complexity index is 781. The maximum atomic E-state index is 13.3. The summed E-state index contributed by atoms with van der Waals surface area (Å²) in [5.74, 6) is -6.22. The molecule has 1 N–H and O–H groups in total. The second-order valence-electron chi connectivity index (χ2n) is 8.29. The van der Waals surface area contributed by atoms with Crippen molar-refractivity contribution in [3.05, 3.63) is 23.4 Å². The van der Waals surface area contributed by atoms with E-state index in [9.17, 15) is 22.4 Å². The zero-order valence-corrected chi connectivity index (χ0v) is 15.2. The SMILES string of the molecule is C=C(C(=O)Nc1c(C)c(C2CC(F)(F)C2)nn1C1CCC1)C1CC(F)(F)C1. The minimum Gasteiger partial charge on any atom is -0.307 e. The number of hydrogen-bond acceptors (Lipinski definition) is 2. The molecule has 27 heavy (non-hydrogen) atoms. The molecule has 8 heteroatoms. The smallest absolute Gasteiger partial charge is 0.252 e. The number of nitrogens with zero attached hydrogens (tertiary/aromatic N) is 2. The van der Waals surface area contributed by atoms with Crippen LogP contribution in [0.5, 0.6) is 0 Å². The third kappa shape index (κ3) is 3.27. The minimum absolute atomic E-state index is 0.134. The normalized spacial score (nSPS) is 24.6. The molecule has 0 saturated heterocycles. The van der Waals surface area contributed by atoms with Crippen LogP contribution in [0, 0.1) is 12.8 Å². The summed E-state index contributed by atoms with van der Waals surface area (Å²) in [5, 5.41) is 7.33. The van der Waals surface area contributed by atoms with E-state index in [1.165, 1.54) is 0 Å². The number of hydrogen-bond donors (Lipinski definition) is 1. The average Bonchev–Trinajstić information content (AvgIpc) is 2.77. The number of carbonyl (C=O) groups is 1. The van der Waals surface area contributed by atoms with Crippen LogP contribution in [0.2, 0.25) is 0 Å². The van der Waals surface area contributed by atoms with Crippen molar-refractivity contribution in [2.24, 2.45) is 5.92 Å². The van der Waals surface area contributed by atoms with Crippen LogP contribution in [0.1, 0.15) is 68.2 Å². The van der Waals surface area contributed by atoms with Crippen LogP contribution in [-0.2, 0) is 4.79 Å². The fourth-order valence-corrected chi connectivity index (χ4v) is 4.10. The Balaban J connectivity index is 1.53. The van der Waals surface area contributed by atoms with Crippen molar-refractivity contribution in [3.8, 4) is 0 Å². The Morgan fingerprint density at radius 3 is 2.22 bits per heavy atom. The second-order valence-corrected chi connectivity index (χ2v) is 8.29. The topological polar surface area (TPSA) is 46.9 Å². The van der Waals surface area contributed by atoms with Gasteiger partial charge in [0.2, 0.25) is 11.8 Å². The first-order valence-electron chi connectivity index (χ1n) is 9.41. The first-order chi connectivity index (χ1) is 12.6. The third-order valence-corrected chi connectivity index (χ3v) is 6.19. The molecule has 1 amide bonds. The van der Waals surface area contributed by atoms with Crippen molar-refractivity contribution in [3.63, 3.8) is 0 Å². The number of alkyl halides is 4. The number of amides is 1. The summed E-state index contributed by atoms with van der Waals surface area (Å²) in [6.07, 6.45) is 1.71. The lowest BCUT2D eigenvalue weighted by molar-refractivity contribution is -0.119. The maximum Gasteiger partial charge on any atom is 0.252 e. The Morgan fingerprint density at radius 2 is 1.74 bits per heavy atom. The average molecular weight is 385 g/mol. The van der Waals surface area contributed by atoms with Crippen LogP contribution in [0.4, 0.5) is 23.4 Å². The molecule has 0 atom stereocenters. The summed E-state index contributed by atoms with van der Waals surface area (Å²) >= 11 is 0. The van der Waals surface area contributed by atoms with Crippen molar-refractivity contribution in [1.29, 1.82) is 0 Å². The van der Waals surface area contributed by atoms with Gasteiger partial charge in [0.25, 0.3) is 5.91 Å². The molecule has 3 saturated carbocycles. The fourth-order valence-electron chi connectivity index (χ4n) is 4.10. The van der Waals surface area contributed by atoms with Crippen LogP contribution >= 0.6 is 0 Å². The van der Waals surface area contributed by atoms with E-state index >= 15 is 0 Å². The predicted octanol–water partition coefficient (Wildman–Crippen LogP) is 4.97. The molecule has 1 heterocycles. The molecule has 0 bridgehead atoms. The van der Waals surface area contributed by atoms with Crippen LogP contribution in [0.15, 0.2) is 12.2 Å². The Hall–Kier alpha value is -1.86. The first-order valence-corrected chi connectivity index (χ1v) is 9.41. The predicted molar refractivity (Wildman–Crippen MR) is 92.2 cm³/mol. The van der Waals surface area contributed by atoms with E-state index in [0.717, 1.165) is 19.3 Å². The molecular formula is C19H23F4N3O. The second kappa shape index (κ2) is 6.07. The fraction of sp³-hybridized carbons (Fsp3) is 0.684. The summed E-state index contributed by atoms with van der Waals surface area (Å²) in [4.78, 5) is 12.5. The van der Waals surface area contributed by atoms with E-state index in [-0.39, 0.29) is 43.2 Å². The molecule has 1 aromatic heterocycles. The molecule has 0 aliphatic heterocycles. The highest BCUT2D eigenvalue weighted by Gasteiger charge is 2.49. The largest absolute Gasteiger partial charge is 0.307 e. The molecular weight excluding hydrogens is 362 g/mol. The van der Waals surface area contributed by atoms with Gasteiger partial charge in [-0.2, -0.15) is 5.10 Å². The molecule has 4 rings (SSSR count). The number of carbonyl (C=O) groups excluding carboxylic acids is 1. The highest BCUT2D eigenvalue weighted by atomic mass is 19.3. The van der Waals surface area contributed by atoms with Crippen molar-refractivity contribution >= 4 is 11.7 Å². The number of rotatable bonds is 5. The maximum absolute atomic E-state index is 13.3. The molecule has 148 valence electrons. The van der Waals surface area contributed by atoms with Crippen molar-refractivity contribution < 1.29 is 22.4 Å². The van der Waals surface area contributed by atoms with Gasteiger partial charge in [-0.1, -0.05) is 6.58 Å². The van der Waals surface area contributed by atoms with Gasteiger partial charge in [0.15, 0.2) is 0 Å². The van der Waals surface area contributed by atoms with Gasteiger partial charge in [0.05, 0.1) is 11.7 Å². The van der Waals surface area contributed by atoms with E-state index in [1.807, 2.05) is 0 Å². The lowest BCUT2D eigenvalue weighted by atomic mass is 9.76. The summed E-state index contributed by atoms with van der Waals surface area (Å²) in [6, 6.07) is 0.134. The number of halogens is 4. The number of nitrogens with one attached hydrogen (secondary N) is 1. The van der Waals surface area contributed by atoms with Gasteiger partial charge in [-0.05, 0) is 26.2 Å². The zero-order chi connectivity index (χ0) is 19.6. The third-order valence-electron chi connectivity index (χ3n) is 6.19. The number of aromatic nitrogens is 2. The zero-order valence-electron chi connectivity index (χ0n) is 15.2. The van der Waals surface area contributed by atoms with Crippen LogP contribution in [-0.4, -0.2) is 27.5 Å². The van der Waals surface area contributed by atoms with Gasteiger partial charge in [0, 0.05) is 48.7 Å². The van der Waals surface area contributed by atoms with Gasteiger partial charge in [0.1, 0.15) is 5.82 Å². The van der Waals surface area contributed by atoms with Gasteiger partial charge < -0.3 is 5.32 Å². The molecule has 1 aromatic rings.